The monoisotopic (exact) mass is 509 g/mol. The third-order valence-electron chi connectivity index (χ3n) is 6.76. The lowest BCUT2D eigenvalue weighted by Gasteiger charge is -2.39. The minimum atomic E-state index is -1.06. The molecule has 0 saturated heterocycles. The van der Waals surface area contributed by atoms with E-state index in [2.05, 4.69) is 5.32 Å². The Balaban J connectivity index is 1.91. The van der Waals surface area contributed by atoms with Gasteiger partial charge in [0.2, 0.25) is 0 Å². The van der Waals surface area contributed by atoms with Crippen molar-refractivity contribution in [2.75, 3.05) is 20.3 Å². The molecular weight excluding hydrogens is 478 g/mol. The van der Waals surface area contributed by atoms with Gasteiger partial charge in [0, 0.05) is 27.8 Å². The van der Waals surface area contributed by atoms with Crippen molar-refractivity contribution in [3.8, 4) is 5.75 Å². The molecule has 8 heteroatoms. The van der Waals surface area contributed by atoms with Gasteiger partial charge in [-0.25, -0.2) is 4.79 Å². The summed E-state index contributed by atoms with van der Waals surface area (Å²) in [5.41, 5.74) is 3.92. The SMILES string of the molecule is CCOC(=O)C1=C(C)NC2=C(C(=O)[C@H](C(=O)OCC)[C@H](c3ccccc3OC)C2)[C@@H]1c1sccc1C. The molecule has 0 spiro atoms. The van der Waals surface area contributed by atoms with Crippen LogP contribution in [0, 0.1) is 12.8 Å². The molecule has 7 nitrogen and oxygen atoms in total. The van der Waals surface area contributed by atoms with Crippen molar-refractivity contribution in [2.24, 2.45) is 5.92 Å². The number of benzene rings is 1. The van der Waals surface area contributed by atoms with Gasteiger partial charge >= 0.3 is 11.9 Å². The number of hydrogen-bond acceptors (Lipinski definition) is 8. The van der Waals surface area contributed by atoms with Crippen LogP contribution in [0.15, 0.2) is 58.3 Å². The number of nitrogens with one attached hydrogen (secondary N) is 1. The van der Waals surface area contributed by atoms with Crippen molar-refractivity contribution in [3.63, 3.8) is 0 Å². The van der Waals surface area contributed by atoms with Gasteiger partial charge < -0.3 is 19.5 Å². The zero-order valence-corrected chi connectivity index (χ0v) is 22.0. The number of ether oxygens (including phenoxy) is 3. The average Bonchev–Trinajstić information content (AvgIpc) is 3.28. The van der Waals surface area contributed by atoms with Gasteiger partial charge in [-0.1, -0.05) is 18.2 Å². The fraction of sp³-hybridized carbons (Fsp3) is 0.393. The molecule has 2 aliphatic rings. The number of ketones is 1. The number of allylic oxidation sites excluding steroid dienone is 3. The molecule has 0 saturated carbocycles. The highest BCUT2D eigenvalue weighted by Gasteiger charge is 2.50. The number of Topliss-reactive ketones (excluding diaryl/α,β-unsaturated/α-hetero) is 1. The van der Waals surface area contributed by atoms with Crippen molar-refractivity contribution in [1.82, 2.24) is 5.32 Å². The topological polar surface area (TPSA) is 90.9 Å². The lowest BCUT2D eigenvalue weighted by atomic mass is 9.67. The molecule has 36 heavy (non-hydrogen) atoms. The number of hydrogen-bond donors (Lipinski definition) is 1. The molecule has 0 unspecified atom stereocenters. The van der Waals surface area contributed by atoms with Gasteiger partial charge in [-0.2, -0.15) is 0 Å². The first-order valence-corrected chi connectivity index (χ1v) is 13.0. The number of esters is 2. The number of aryl methyl sites for hydroxylation is 1. The summed E-state index contributed by atoms with van der Waals surface area (Å²) >= 11 is 1.49. The summed E-state index contributed by atoms with van der Waals surface area (Å²) in [7, 11) is 1.57. The van der Waals surface area contributed by atoms with E-state index in [0.29, 0.717) is 34.7 Å². The normalized spacial score (nSPS) is 21.6. The van der Waals surface area contributed by atoms with E-state index in [1.807, 2.05) is 49.6 Å². The number of methoxy groups -OCH3 is 1. The Morgan fingerprint density at radius 2 is 1.81 bits per heavy atom. The van der Waals surface area contributed by atoms with Crippen LogP contribution in [0.25, 0.3) is 0 Å². The van der Waals surface area contributed by atoms with E-state index in [4.69, 9.17) is 14.2 Å². The zero-order chi connectivity index (χ0) is 26.0. The first kappa shape index (κ1) is 25.7. The molecule has 3 atom stereocenters. The van der Waals surface area contributed by atoms with Crippen LogP contribution in [-0.4, -0.2) is 38.0 Å². The van der Waals surface area contributed by atoms with Crippen LogP contribution in [0.4, 0.5) is 0 Å². The highest BCUT2D eigenvalue weighted by Crippen LogP contribution is 2.50. The molecule has 0 fully saturated rings. The second-order valence-corrected chi connectivity index (χ2v) is 9.77. The molecule has 1 aromatic carbocycles. The Hall–Kier alpha value is -3.39. The van der Waals surface area contributed by atoms with Crippen molar-refractivity contribution >= 4 is 29.1 Å². The smallest absolute Gasteiger partial charge is 0.336 e. The maximum atomic E-state index is 14.3. The van der Waals surface area contributed by atoms with Gasteiger partial charge in [-0.15, -0.1) is 11.3 Å². The summed E-state index contributed by atoms with van der Waals surface area (Å²) in [4.78, 5) is 41.6. The fourth-order valence-corrected chi connectivity index (χ4v) is 6.27. The molecule has 4 rings (SSSR count). The Morgan fingerprint density at radius 3 is 2.44 bits per heavy atom. The Bertz CT molecular complexity index is 1260. The third-order valence-corrected chi connectivity index (χ3v) is 7.84. The second-order valence-electron chi connectivity index (χ2n) is 8.82. The van der Waals surface area contributed by atoms with Gasteiger partial charge in [0.05, 0.1) is 31.8 Å². The quantitative estimate of drug-likeness (QED) is 0.424. The molecule has 0 radical (unpaired) electrons. The summed E-state index contributed by atoms with van der Waals surface area (Å²) < 4.78 is 16.4. The summed E-state index contributed by atoms with van der Waals surface area (Å²) in [5.74, 6) is -2.95. The molecule has 2 heterocycles. The van der Waals surface area contributed by atoms with Crippen LogP contribution in [0.2, 0.25) is 0 Å². The van der Waals surface area contributed by atoms with E-state index in [0.717, 1.165) is 16.0 Å². The predicted molar refractivity (Wildman–Crippen MR) is 137 cm³/mol. The number of carbonyl (C=O) groups is 3. The van der Waals surface area contributed by atoms with Crippen LogP contribution < -0.4 is 10.1 Å². The first-order valence-electron chi connectivity index (χ1n) is 12.1. The maximum Gasteiger partial charge on any atom is 0.336 e. The largest absolute Gasteiger partial charge is 0.496 e. The summed E-state index contributed by atoms with van der Waals surface area (Å²) in [5, 5.41) is 5.27. The maximum absolute atomic E-state index is 14.3. The zero-order valence-electron chi connectivity index (χ0n) is 21.2. The van der Waals surface area contributed by atoms with E-state index in [9.17, 15) is 14.4 Å². The molecular formula is C28H31NO6S. The first-order chi connectivity index (χ1) is 17.3. The van der Waals surface area contributed by atoms with E-state index < -0.39 is 29.7 Å². The van der Waals surface area contributed by atoms with Gasteiger partial charge in [-0.3, -0.25) is 9.59 Å². The minimum Gasteiger partial charge on any atom is -0.496 e. The molecule has 1 aromatic heterocycles. The van der Waals surface area contributed by atoms with Gasteiger partial charge in [-0.05, 0) is 62.8 Å². The Labute approximate surface area is 215 Å². The van der Waals surface area contributed by atoms with E-state index in [1.165, 1.54) is 11.3 Å². The number of thiophene rings is 1. The molecule has 2 aromatic rings. The Kier molecular flexibility index (Phi) is 7.64. The number of para-hydroxylation sites is 1. The molecule has 1 aliphatic carbocycles. The van der Waals surface area contributed by atoms with Crippen LogP contribution in [-0.2, 0) is 23.9 Å². The molecule has 1 aliphatic heterocycles. The summed E-state index contributed by atoms with van der Waals surface area (Å²) in [6, 6.07) is 9.38. The van der Waals surface area contributed by atoms with Crippen LogP contribution in [0.5, 0.6) is 5.75 Å². The molecule has 1 N–H and O–H groups in total. The van der Waals surface area contributed by atoms with Crippen molar-refractivity contribution < 1.29 is 28.6 Å². The second kappa shape index (κ2) is 10.7. The van der Waals surface area contributed by atoms with Gasteiger partial charge in [0.1, 0.15) is 11.7 Å². The molecule has 0 bridgehead atoms. The van der Waals surface area contributed by atoms with Crippen LogP contribution in [0.1, 0.15) is 55.0 Å². The number of rotatable bonds is 7. The summed E-state index contributed by atoms with van der Waals surface area (Å²) in [6.45, 7) is 7.63. The highest BCUT2D eigenvalue weighted by atomic mass is 32.1. The fourth-order valence-electron chi connectivity index (χ4n) is 5.22. The third kappa shape index (κ3) is 4.46. The average molecular weight is 510 g/mol. The van der Waals surface area contributed by atoms with Crippen LogP contribution >= 0.6 is 11.3 Å². The summed E-state index contributed by atoms with van der Waals surface area (Å²) in [6.07, 6.45) is 0.388. The van der Waals surface area contributed by atoms with E-state index in [-0.39, 0.29) is 19.0 Å². The lowest BCUT2D eigenvalue weighted by Crippen LogP contribution is -2.43. The van der Waals surface area contributed by atoms with Crippen molar-refractivity contribution in [2.45, 2.75) is 46.0 Å². The minimum absolute atomic E-state index is 0.159. The van der Waals surface area contributed by atoms with Crippen molar-refractivity contribution in [1.29, 1.82) is 0 Å². The lowest BCUT2D eigenvalue weighted by molar-refractivity contribution is -0.152. The predicted octanol–water partition coefficient (Wildman–Crippen LogP) is 4.78. The molecule has 0 amide bonds. The Morgan fingerprint density at radius 1 is 1.08 bits per heavy atom. The van der Waals surface area contributed by atoms with E-state index >= 15 is 0 Å². The van der Waals surface area contributed by atoms with Crippen molar-refractivity contribution in [3.05, 3.63) is 74.3 Å². The van der Waals surface area contributed by atoms with E-state index in [1.54, 1.807) is 21.0 Å². The van der Waals surface area contributed by atoms with Gasteiger partial charge in [0.25, 0.3) is 0 Å². The molecule has 190 valence electrons. The highest BCUT2D eigenvalue weighted by molar-refractivity contribution is 7.10. The standard InChI is InChI=1S/C28H31NO6S/c1-6-34-27(31)21-16(4)29-19-14-18(17-10-8-9-11-20(17)33-5)22(28(32)35-7-2)25(30)23(19)24(21)26-15(3)12-13-36-26/h8-13,18,22,24,29H,6-7,14H2,1-5H3/t18-,22+,24+/m0/s1. The van der Waals surface area contributed by atoms with Gasteiger partial charge in [0.15, 0.2) is 5.78 Å². The number of dihydropyridines is 1. The van der Waals surface area contributed by atoms with Crippen LogP contribution in [0.3, 0.4) is 0 Å². The number of carbonyl (C=O) groups excluding carboxylic acids is 3.